The number of thiophene rings is 1. The maximum absolute atomic E-state index is 9.86. The SMILES string of the molecule is CN(C)CCC=C1c2ccccc2CSc2sc(O)cc21. The minimum atomic E-state index is 0.408. The molecule has 1 aromatic carbocycles. The first-order valence-corrected chi connectivity index (χ1v) is 8.84. The van der Waals surface area contributed by atoms with Gasteiger partial charge in [-0.25, -0.2) is 0 Å². The molecule has 1 N–H and O–H groups in total. The predicted molar refractivity (Wildman–Crippen MR) is 92.2 cm³/mol. The van der Waals surface area contributed by atoms with Gasteiger partial charge in [0.1, 0.15) is 0 Å². The summed E-state index contributed by atoms with van der Waals surface area (Å²) in [5.74, 6) is 0.966. The molecule has 0 fully saturated rings. The quantitative estimate of drug-likeness (QED) is 0.905. The van der Waals surface area contributed by atoms with E-state index in [9.17, 15) is 5.11 Å². The second-order valence-electron chi connectivity index (χ2n) is 5.44. The van der Waals surface area contributed by atoms with Gasteiger partial charge in [0, 0.05) is 23.9 Å². The molecule has 1 aliphatic heterocycles. The van der Waals surface area contributed by atoms with E-state index in [1.807, 2.05) is 17.8 Å². The summed E-state index contributed by atoms with van der Waals surface area (Å²) in [6.07, 6.45) is 3.33. The molecule has 1 aromatic heterocycles. The van der Waals surface area contributed by atoms with Crippen molar-refractivity contribution in [3.63, 3.8) is 0 Å². The zero-order chi connectivity index (χ0) is 14.8. The lowest BCUT2D eigenvalue weighted by atomic mass is 9.95. The summed E-state index contributed by atoms with van der Waals surface area (Å²) in [7, 11) is 4.19. The van der Waals surface area contributed by atoms with Gasteiger partial charge >= 0.3 is 0 Å². The molecule has 0 amide bonds. The van der Waals surface area contributed by atoms with Gasteiger partial charge in [-0.1, -0.05) is 41.7 Å². The van der Waals surface area contributed by atoms with Crippen LogP contribution in [0, 0.1) is 0 Å². The summed E-state index contributed by atoms with van der Waals surface area (Å²) in [4.78, 5) is 2.19. The molecule has 0 atom stereocenters. The summed E-state index contributed by atoms with van der Waals surface area (Å²) >= 11 is 3.31. The van der Waals surface area contributed by atoms with Gasteiger partial charge < -0.3 is 10.0 Å². The number of benzene rings is 1. The first kappa shape index (κ1) is 14.7. The Bertz CT molecular complexity index is 673. The highest BCUT2D eigenvalue weighted by molar-refractivity contribution is 8.00. The average molecular weight is 317 g/mol. The normalized spacial score (nSPS) is 15.9. The lowest BCUT2D eigenvalue weighted by Crippen LogP contribution is -2.12. The third-order valence-corrected chi connectivity index (χ3v) is 5.84. The van der Waals surface area contributed by atoms with Gasteiger partial charge in [-0.05, 0) is 37.2 Å². The monoisotopic (exact) mass is 317 g/mol. The van der Waals surface area contributed by atoms with Crippen LogP contribution in [0.2, 0.25) is 0 Å². The van der Waals surface area contributed by atoms with Crippen molar-refractivity contribution in [3.8, 4) is 5.06 Å². The molecule has 2 nitrogen and oxygen atoms in total. The summed E-state index contributed by atoms with van der Waals surface area (Å²) < 4.78 is 1.22. The molecule has 2 aromatic rings. The summed E-state index contributed by atoms with van der Waals surface area (Å²) in [6, 6.07) is 10.5. The Balaban J connectivity index is 2.06. The molecule has 4 heteroatoms. The van der Waals surface area contributed by atoms with Crippen LogP contribution in [0.15, 0.2) is 40.6 Å². The molecule has 3 rings (SSSR count). The number of aromatic hydroxyl groups is 1. The molecule has 0 saturated heterocycles. The van der Waals surface area contributed by atoms with E-state index in [-0.39, 0.29) is 0 Å². The molecule has 0 saturated carbocycles. The Morgan fingerprint density at radius 1 is 1.24 bits per heavy atom. The van der Waals surface area contributed by atoms with E-state index >= 15 is 0 Å². The van der Waals surface area contributed by atoms with Gasteiger partial charge in [0.25, 0.3) is 0 Å². The van der Waals surface area contributed by atoms with E-state index in [4.69, 9.17) is 0 Å². The van der Waals surface area contributed by atoms with Gasteiger partial charge in [0.15, 0.2) is 5.06 Å². The maximum Gasteiger partial charge on any atom is 0.172 e. The fourth-order valence-corrected chi connectivity index (χ4v) is 4.72. The molecule has 21 heavy (non-hydrogen) atoms. The molecule has 110 valence electrons. The number of hydrogen-bond donors (Lipinski definition) is 1. The first-order chi connectivity index (χ1) is 10.1. The van der Waals surface area contributed by atoms with Crippen molar-refractivity contribution in [1.29, 1.82) is 0 Å². The lowest BCUT2D eigenvalue weighted by Gasteiger charge is -2.11. The second kappa shape index (κ2) is 6.26. The average Bonchev–Trinajstić information content (AvgIpc) is 2.76. The van der Waals surface area contributed by atoms with Gasteiger partial charge in [0.2, 0.25) is 0 Å². The molecule has 1 aliphatic rings. The van der Waals surface area contributed by atoms with Crippen LogP contribution in [0.1, 0.15) is 23.1 Å². The van der Waals surface area contributed by atoms with E-state index in [2.05, 4.69) is 49.3 Å². The number of nitrogens with zero attached hydrogens (tertiary/aromatic N) is 1. The van der Waals surface area contributed by atoms with Crippen molar-refractivity contribution in [2.75, 3.05) is 20.6 Å². The van der Waals surface area contributed by atoms with E-state index in [1.54, 1.807) is 0 Å². The van der Waals surface area contributed by atoms with Crippen molar-refractivity contribution in [2.24, 2.45) is 0 Å². The van der Waals surface area contributed by atoms with Gasteiger partial charge in [0.05, 0.1) is 4.21 Å². The highest BCUT2D eigenvalue weighted by atomic mass is 32.2. The molecule has 0 radical (unpaired) electrons. The predicted octanol–water partition coefficient (Wildman–Crippen LogP) is 4.44. The standard InChI is InChI=1S/C17H19NOS2/c1-18(2)9-5-8-14-13-7-4-3-6-12(13)11-20-17-15(14)10-16(19)21-17/h3-4,6-8,10,19H,5,9,11H2,1-2H3. The zero-order valence-electron chi connectivity index (χ0n) is 12.3. The largest absolute Gasteiger partial charge is 0.499 e. The van der Waals surface area contributed by atoms with Crippen molar-refractivity contribution in [1.82, 2.24) is 4.90 Å². The van der Waals surface area contributed by atoms with Crippen molar-refractivity contribution in [2.45, 2.75) is 16.4 Å². The third-order valence-electron chi connectivity index (χ3n) is 3.57. The van der Waals surface area contributed by atoms with Crippen molar-refractivity contribution >= 4 is 28.7 Å². The molecule has 0 aliphatic carbocycles. The lowest BCUT2D eigenvalue weighted by molar-refractivity contribution is 0.417. The van der Waals surface area contributed by atoms with Gasteiger partial charge in [-0.3, -0.25) is 0 Å². The molecule has 0 bridgehead atoms. The second-order valence-corrected chi connectivity index (χ2v) is 7.72. The van der Waals surface area contributed by atoms with Gasteiger partial charge in [-0.2, -0.15) is 0 Å². The Hall–Kier alpha value is -1.23. The summed E-state index contributed by atoms with van der Waals surface area (Å²) in [6.45, 7) is 1.03. The van der Waals surface area contributed by atoms with Crippen LogP contribution in [0.3, 0.4) is 0 Å². The van der Waals surface area contributed by atoms with E-state index in [1.165, 1.54) is 37.8 Å². The Morgan fingerprint density at radius 3 is 2.86 bits per heavy atom. The van der Waals surface area contributed by atoms with E-state index < -0.39 is 0 Å². The Labute approximate surface area is 134 Å². The van der Waals surface area contributed by atoms with E-state index in [0.717, 1.165) is 18.7 Å². The first-order valence-electron chi connectivity index (χ1n) is 7.04. The highest BCUT2D eigenvalue weighted by Crippen LogP contribution is 2.46. The maximum atomic E-state index is 9.86. The van der Waals surface area contributed by atoms with Crippen LogP contribution < -0.4 is 0 Å². The van der Waals surface area contributed by atoms with Crippen LogP contribution >= 0.6 is 23.1 Å². The van der Waals surface area contributed by atoms with Crippen LogP contribution in [0.25, 0.3) is 5.57 Å². The van der Waals surface area contributed by atoms with E-state index in [0.29, 0.717) is 5.06 Å². The van der Waals surface area contributed by atoms with Crippen molar-refractivity contribution in [3.05, 3.63) is 53.1 Å². The van der Waals surface area contributed by atoms with Crippen LogP contribution in [0.5, 0.6) is 5.06 Å². The molecule has 0 spiro atoms. The smallest absolute Gasteiger partial charge is 0.172 e. The van der Waals surface area contributed by atoms with Crippen molar-refractivity contribution < 1.29 is 5.11 Å². The van der Waals surface area contributed by atoms with Crippen LogP contribution in [-0.2, 0) is 5.75 Å². The summed E-state index contributed by atoms with van der Waals surface area (Å²) in [5, 5.41) is 10.3. The topological polar surface area (TPSA) is 23.5 Å². The minimum absolute atomic E-state index is 0.408. The van der Waals surface area contributed by atoms with Crippen LogP contribution in [0.4, 0.5) is 0 Å². The zero-order valence-corrected chi connectivity index (χ0v) is 13.9. The number of hydrogen-bond acceptors (Lipinski definition) is 4. The Kier molecular flexibility index (Phi) is 4.38. The van der Waals surface area contributed by atoms with Gasteiger partial charge in [-0.15, -0.1) is 11.8 Å². The highest BCUT2D eigenvalue weighted by Gasteiger charge is 2.20. The fraction of sp³-hybridized carbons (Fsp3) is 0.294. The number of fused-ring (bicyclic) bond motifs is 2. The molecule has 0 unspecified atom stereocenters. The van der Waals surface area contributed by atoms with Crippen LogP contribution in [-0.4, -0.2) is 30.6 Å². The third kappa shape index (κ3) is 3.18. The molecular formula is C17H19NOS2. The molecule has 2 heterocycles. The molecular weight excluding hydrogens is 298 g/mol. The minimum Gasteiger partial charge on any atom is -0.499 e. The summed E-state index contributed by atoms with van der Waals surface area (Å²) in [5.41, 5.74) is 5.14. The number of thioether (sulfide) groups is 1. The number of rotatable bonds is 3. The Morgan fingerprint density at radius 2 is 2.05 bits per heavy atom. The fourth-order valence-electron chi connectivity index (χ4n) is 2.54.